The first-order valence-electron chi connectivity index (χ1n) is 10.6. The molecule has 158 valence electrons. The SMILES string of the molecule is CCCOc1cc(-c2c3ccccc3cc3ccccc23)nc(-c2c(O)cccc2O)n1. The van der Waals surface area contributed by atoms with E-state index in [0.717, 1.165) is 33.5 Å². The minimum Gasteiger partial charge on any atom is -0.507 e. The van der Waals surface area contributed by atoms with Crippen LogP contribution < -0.4 is 4.74 Å². The summed E-state index contributed by atoms with van der Waals surface area (Å²) in [7, 11) is 0. The Morgan fingerprint density at radius 3 is 1.97 bits per heavy atom. The Hall–Kier alpha value is -4.12. The van der Waals surface area contributed by atoms with Crippen LogP contribution in [0, 0.1) is 0 Å². The molecule has 2 N–H and O–H groups in total. The van der Waals surface area contributed by atoms with Crippen LogP contribution in [0.2, 0.25) is 0 Å². The van der Waals surface area contributed by atoms with Crippen LogP contribution in [0.4, 0.5) is 0 Å². The standard InChI is InChI=1S/C27H22N2O3/c1-2-14-32-24-16-21(28-27(29-24)26-22(30)12-7-13-23(26)31)25-19-10-5-3-8-17(19)15-18-9-4-6-11-20(18)25/h3-13,15-16,30-31H,2,14H2,1H3. The van der Waals surface area contributed by atoms with Crippen molar-refractivity contribution in [2.24, 2.45) is 0 Å². The Morgan fingerprint density at radius 2 is 1.34 bits per heavy atom. The summed E-state index contributed by atoms with van der Waals surface area (Å²) in [6.07, 6.45) is 0.827. The fraction of sp³-hybridized carbons (Fsp3) is 0.111. The molecule has 0 bridgehead atoms. The molecule has 0 spiro atoms. The minimum absolute atomic E-state index is 0.0913. The maximum Gasteiger partial charge on any atom is 0.217 e. The van der Waals surface area contributed by atoms with E-state index in [0.29, 0.717) is 18.2 Å². The van der Waals surface area contributed by atoms with Gasteiger partial charge in [-0.1, -0.05) is 61.5 Å². The van der Waals surface area contributed by atoms with E-state index in [2.05, 4.69) is 35.3 Å². The number of aromatic nitrogens is 2. The molecule has 0 atom stereocenters. The summed E-state index contributed by atoms with van der Waals surface area (Å²) in [6, 6.07) is 24.9. The third-order valence-electron chi connectivity index (χ3n) is 5.43. The zero-order chi connectivity index (χ0) is 22.1. The summed E-state index contributed by atoms with van der Waals surface area (Å²) in [5.74, 6) is 0.422. The van der Waals surface area contributed by atoms with Crippen molar-refractivity contribution in [2.45, 2.75) is 13.3 Å². The van der Waals surface area contributed by atoms with Crippen molar-refractivity contribution >= 4 is 21.5 Å². The lowest BCUT2D eigenvalue weighted by atomic mass is 9.94. The van der Waals surface area contributed by atoms with Crippen LogP contribution in [0.15, 0.2) is 78.9 Å². The molecule has 4 aromatic carbocycles. The lowest BCUT2D eigenvalue weighted by molar-refractivity contribution is 0.305. The van der Waals surface area contributed by atoms with Crippen LogP contribution in [0.1, 0.15) is 13.3 Å². The Balaban J connectivity index is 1.84. The normalized spacial score (nSPS) is 11.2. The van der Waals surface area contributed by atoms with Crippen molar-refractivity contribution in [3.05, 3.63) is 78.9 Å². The topological polar surface area (TPSA) is 75.5 Å². The fourth-order valence-corrected chi connectivity index (χ4v) is 3.99. The second-order valence-corrected chi connectivity index (χ2v) is 7.63. The number of phenolic OH excluding ortho intramolecular Hbond substituents is 2. The van der Waals surface area contributed by atoms with E-state index in [1.807, 2.05) is 37.3 Å². The smallest absolute Gasteiger partial charge is 0.217 e. The number of nitrogens with zero attached hydrogens (tertiary/aromatic N) is 2. The van der Waals surface area contributed by atoms with Crippen LogP contribution in [-0.4, -0.2) is 26.8 Å². The molecular formula is C27H22N2O3. The monoisotopic (exact) mass is 422 g/mol. The molecule has 0 unspecified atom stereocenters. The first-order valence-corrected chi connectivity index (χ1v) is 10.6. The van der Waals surface area contributed by atoms with E-state index in [9.17, 15) is 10.2 Å². The van der Waals surface area contributed by atoms with Crippen LogP contribution in [0.25, 0.3) is 44.2 Å². The number of rotatable bonds is 5. The third-order valence-corrected chi connectivity index (χ3v) is 5.43. The van der Waals surface area contributed by atoms with Gasteiger partial charge in [0.15, 0.2) is 5.82 Å². The average Bonchev–Trinajstić information content (AvgIpc) is 2.81. The van der Waals surface area contributed by atoms with Gasteiger partial charge in [0.05, 0.1) is 12.3 Å². The molecule has 0 fully saturated rings. The van der Waals surface area contributed by atoms with Gasteiger partial charge in [0.1, 0.15) is 17.1 Å². The summed E-state index contributed by atoms with van der Waals surface area (Å²) in [5.41, 5.74) is 1.80. The highest BCUT2D eigenvalue weighted by Gasteiger charge is 2.18. The molecule has 5 rings (SSSR count). The van der Waals surface area contributed by atoms with E-state index in [1.165, 1.54) is 12.1 Å². The van der Waals surface area contributed by atoms with Crippen molar-refractivity contribution in [1.82, 2.24) is 9.97 Å². The molecule has 0 aliphatic carbocycles. The third kappa shape index (κ3) is 3.48. The maximum atomic E-state index is 10.4. The van der Waals surface area contributed by atoms with Gasteiger partial charge in [-0.15, -0.1) is 0 Å². The van der Waals surface area contributed by atoms with Crippen LogP contribution in [-0.2, 0) is 0 Å². The van der Waals surface area contributed by atoms with Crippen LogP contribution in [0.5, 0.6) is 17.4 Å². The van der Waals surface area contributed by atoms with Gasteiger partial charge < -0.3 is 14.9 Å². The molecule has 0 saturated carbocycles. The quantitative estimate of drug-likeness (QED) is 0.324. The molecule has 0 radical (unpaired) electrons. The Kier molecular flexibility index (Phi) is 5.07. The Bertz CT molecular complexity index is 1370. The first-order chi connectivity index (χ1) is 15.7. The molecule has 5 aromatic rings. The zero-order valence-corrected chi connectivity index (χ0v) is 17.6. The van der Waals surface area contributed by atoms with Crippen LogP contribution >= 0.6 is 0 Å². The van der Waals surface area contributed by atoms with Crippen molar-refractivity contribution in [1.29, 1.82) is 0 Å². The second-order valence-electron chi connectivity index (χ2n) is 7.63. The highest BCUT2D eigenvalue weighted by Crippen LogP contribution is 2.40. The largest absolute Gasteiger partial charge is 0.507 e. The lowest BCUT2D eigenvalue weighted by Crippen LogP contribution is -2.02. The van der Waals surface area contributed by atoms with Gasteiger partial charge in [-0.25, -0.2) is 4.98 Å². The number of hydrogen-bond acceptors (Lipinski definition) is 5. The van der Waals surface area contributed by atoms with Gasteiger partial charge in [-0.2, -0.15) is 4.98 Å². The van der Waals surface area contributed by atoms with Gasteiger partial charge in [-0.3, -0.25) is 0 Å². The summed E-state index contributed by atoms with van der Waals surface area (Å²) in [5, 5.41) is 25.2. The van der Waals surface area contributed by atoms with E-state index >= 15 is 0 Å². The number of hydrogen-bond donors (Lipinski definition) is 2. The van der Waals surface area contributed by atoms with Crippen LogP contribution in [0.3, 0.4) is 0 Å². The van der Waals surface area contributed by atoms with Crippen molar-refractivity contribution in [3.63, 3.8) is 0 Å². The first kappa shape index (κ1) is 19.8. The number of ether oxygens (including phenoxy) is 1. The highest BCUT2D eigenvalue weighted by molar-refractivity contribution is 6.12. The number of fused-ring (bicyclic) bond motifs is 2. The average molecular weight is 422 g/mol. The van der Waals surface area contributed by atoms with Gasteiger partial charge in [0.25, 0.3) is 0 Å². The maximum absolute atomic E-state index is 10.4. The Morgan fingerprint density at radius 1 is 0.719 bits per heavy atom. The summed E-state index contributed by atoms with van der Waals surface area (Å²) in [4.78, 5) is 9.29. The number of benzene rings is 4. The van der Waals surface area contributed by atoms with Gasteiger partial charge in [0, 0.05) is 11.6 Å². The lowest BCUT2D eigenvalue weighted by Gasteiger charge is -2.14. The second kappa shape index (κ2) is 8.19. The van der Waals surface area contributed by atoms with E-state index in [4.69, 9.17) is 9.72 Å². The van der Waals surface area contributed by atoms with Crippen molar-refractivity contribution in [3.8, 4) is 40.0 Å². The molecule has 32 heavy (non-hydrogen) atoms. The number of phenols is 2. The van der Waals surface area contributed by atoms with Gasteiger partial charge in [-0.05, 0) is 46.2 Å². The number of aromatic hydroxyl groups is 2. The van der Waals surface area contributed by atoms with E-state index in [1.54, 1.807) is 6.07 Å². The summed E-state index contributed by atoms with van der Waals surface area (Å²) < 4.78 is 5.87. The van der Waals surface area contributed by atoms with Gasteiger partial charge in [0.2, 0.25) is 5.88 Å². The minimum atomic E-state index is -0.0913. The fourth-order valence-electron chi connectivity index (χ4n) is 3.99. The molecule has 0 aliphatic rings. The Labute approximate surface area is 185 Å². The molecule has 5 heteroatoms. The predicted molar refractivity (Wildman–Crippen MR) is 127 cm³/mol. The van der Waals surface area contributed by atoms with E-state index in [-0.39, 0.29) is 22.9 Å². The molecular weight excluding hydrogens is 400 g/mol. The molecule has 0 amide bonds. The van der Waals surface area contributed by atoms with E-state index < -0.39 is 0 Å². The van der Waals surface area contributed by atoms with Gasteiger partial charge >= 0.3 is 0 Å². The molecule has 1 heterocycles. The zero-order valence-electron chi connectivity index (χ0n) is 17.6. The molecule has 0 saturated heterocycles. The predicted octanol–water partition coefficient (Wildman–Crippen LogP) is 6.32. The summed E-state index contributed by atoms with van der Waals surface area (Å²) >= 11 is 0. The highest BCUT2D eigenvalue weighted by atomic mass is 16.5. The van der Waals surface area contributed by atoms with Crippen molar-refractivity contribution in [2.75, 3.05) is 6.61 Å². The molecule has 0 aliphatic heterocycles. The van der Waals surface area contributed by atoms with Crippen molar-refractivity contribution < 1.29 is 14.9 Å². The summed E-state index contributed by atoms with van der Waals surface area (Å²) in [6.45, 7) is 2.52. The molecule has 5 nitrogen and oxygen atoms in total. The molecule has 1 aromatic heterocycles.